The molecule has 0 aromatic heterocycles. The van der Waals surface area contributed by atoms with Gasteiger partial charge in [-0.2, -0.15) is 0 Å². The van der Waals surface area contributed by atoms with Crippen LogP contribution in [0.15, 0.2) is 78.9 Å². The first-order chi connectivity index (χ1) is 16.0. The molecule has 0 aliphatic carbocycles. The quantitative estimate of drug-likeness (QED) is 0.521. The van der Waals surface area contributed by atoms with Crippen LogP contribution in [-0.4, -0.2) is 30.4 Å². The smallest absolute Gasteiger partial charge is 0.323 e. The zero-order valence-electron chi connectivity index (χ0n) is 17.8. The van der Waals surface area contributed by atoms with Gasteiger partial charge >= 0.3 is 6.03 Å². The van der Waals surface area contributed by atoms with Crippen LogP contribution in [0.1, 0.15) is 11.1 Å². The van der Waals surface area contributed by atoms with Crippen molar-refractivity contribution in [3.63, 3.8) is 0 Å². The lowest BCUT2D eigenvalue weighted by atomic mass is 10.1. The van der Waals surface area contributed by atoms with E-state index >= 15 is 0 Å². The van der Waals surface area contributed by atoms with E-state index in [1.54, 1.807) is 36.4 Å². The van der Waals surface area contributed by atoms with Crippen molar-refractivity contribution in [2.75, 3.05) is 16.8 Å². The van der Waals surface area contributed by atoms with Gasteiger partial charge in [0.05, 0.1) is 11.4 Å². The van der Waals surface area contributed by atoms with Gasteiger partial charge in [0.15, 0.2) is 0 Å². The fourth-order valence-electron chi connectivity index (χ4n) is 3.62. The molecule has 1 aliphatic heterocycles. The Bertz CT molecular complexity index is 1150. The second-order valence-corrected chi connectivity index (χ2v) is 8.12. The molecule has 0 radical (unpaired) electrons. The molecular weight excluding hydrogens is 440 g/mol. The average molecular weight is 463 g/mol. The Labute approximate surface area is 196 Å². The van der Waals surface area contributed by atoms with Crippen LogP contribution in [0.3, 0.4) is 0 Å². The lowest BCUT2D eigenvalue weighted by Gasteiger charge is -2.30. The van der Waals surface area contributed by atoms with E-state index in [2.05, 4.69) is 16.0 Å². The van der Waals surface area contributed by atoms with Gasteiger partial charge < -0.3 is 16.0 Å². The summed E-state index contributed by atoms with van der Waals surface area (Å²) in [5.74, 6) is -0.618. The number of anilines is 2. The van der Waals surface area contributed by atoms with Crippen molar-refractivity contribution in [3.8, 4) is 0 Å². The molecule has 7 nitrogen and oxygen atoms in total. The number of carbonyl (C=O) groups excluding carboxylic acids is 3. The van der Waals surface area contributed by atoms with E-state index in [-0.39, 0.29) is 18.4 Å². The summed E-state index contributed by atoms with van der Waals surface area (Å²) in [7, 11) is 0. The first-order valence-corrected chi connectivity index (χ1v) is 10.9. The topological polar surface area (TPSA) is 90.5 Å². The molecule has 3 aromatic rings. The molecule has 1 atom stereocenters. The summed E-state index contributed by atoms with van der Waals surface area (Å²) in [5.41, 5.74) is 2.92. The lowest BCUT2D eigenvalue weighted by molar-refractivity contribution is -0.123. The van der Waals surface area contributed by atoms with Crippen molar-refractivity contribution in [1.82, 2.24) is 10.6 Å². The van der Waals surface area contributed by atoms with Crippen molar-refractivity contribution in [2.45, 2.75) is 19.0 Å². The van der Waals surface area contributed by atoms with Crippen molar-refractivity contribution < 1.29 is 14.4 Å². The molecule has 0 saturated heterocycles. The highest BCUT2D eigenvalue weighted by atomic mass is 35.5. The van der Waals surface area contributed by atoms with Crippen LogP contribution in [-0.2, 0) is 22.6 Å². The highest BCUT2D eigenvalue weighted by Gasteiger charge is 2.30. The van der Waals surface area contributed by atoms with E-state index in [1.807, 2.05) is 42.5 Å². The number of halogens is 1. The maximum absolute atomic E-state index is 13.2. The van der Waals surface area contributed by atoms with E-state index in [0.717, 1.165) is 11.1 Å². The summed E-state index contributed by atoms with van der Waals surface area (Å²) in [6, 6.07) is 22.3. The Morgan fingerprint density at radius 2 is 1.64 bits per heavy atom. The fourth-order valence-corrected chi connectivity index (χ4v) is 3.74. The monoisotopic (exact) mass is 462 g/mol. The molecule has 3 aromatic carbocycles. The number of hydrogen-bond donors (Lipinski definition) is 3. The number of carbonyl (C=O) groups is 3. The van der Waals surface area contributed by atoms with E-state index < -0.39 is 12.1 Å². The minimum absolute atomic E-state index is 0.132. The Morgan fingerprint density at radius 3 is 2.39 bits per heavy atom. The van der Waals surface area contributed by atoms with Gasteiger partial charge in [-0.05, 0) is 35.4 Å². The molecule has 1 heterocycles. The minimum Gasteiger partial charge on any atom is -0.350 e. The maximum atomic E-state index is 13.2. The molecular formula is C25H23ClN4O3. The van der Waals surface area contributed by atoms with Crippen LogP contribution < -0.4 is 20.9 Å². The van der Waals surface area contributed by atoms with Gasteiger partial charge in [-0.15, -0.1) is 0 Å². The molecule has 0 bridgehead atoms. The largest absolute Gasteiger partial charge is 0.350 e. The van der Waals surface area contributed by atoms with Crippen LogP contribution in [0.2, 0.25) is 5.02 Å². The molecule has 168 valence electrons. The maximum Gasteiger partial charge on any atom is 0.323 e. The molecule has 33 heavy (non-hydrogen) atoms. The van der Waals surface area contributed by atoms with Crippen LogP contribution in [0, 0.1) is 0 Å². The highest BCUT2D eigenvalue weighted by Crippen LogP contribution is 2.28. The van der Waals surface area contributed by atoms with Crippen molar-refractivity contribution in [2.24, 2.45) is 0 Å². The number of rotatable bonds is 6. The SMILES string of the molecule is O=C1CN(C(=O)N[C@@H](Cc2ccccc2)C(=O)NCc2ccc(Cl)cc2)c2ccccc2N1. The third-order valence-corrected chi connectivity index (χ3v) is 5.54. The van der Waals surface area contributed by atoms with Gasteiger partial charge in [0, 0.05) is 18.0 Å². The Morgan fingerprint density at radius 1 is 0.939 bits per heavy atom. The molecule has 3 N–H and O–H groups in total. The van der Waals surface area contributed by atoms with Gasteiger partial charge in [0.2, 0.25) is 11.8 Å². The number of nitrogens with zero attached hydrogens (tertiary/aromatic N) is 1. The summed E-state index contributed by atoms with van der Waals surface area (Å²) in [4.78, 5) is 39.7. The van der Waals surface area contributed by atoms with Gasteiger partial charge in [-0.3, -0.25) is 14.5 Å². The molecule has 4 rings (SSSR count). The molecule has 0 spiro atoms. The predicted octanol–water partition coefficient (Wildman–Crippen LogP) is 3.74. The standard InChI is InChI=1S/C25H23ClN4O3/c26-19-12-10-18(11-13-19)15-27-24(32)21(14-17-6-2-1-3-7-17)29-25(33)30-16-23(31)28-20-8-4-5-9-22(20)30/h1-13,21H,14-16H2,(H,27,32)(H,28,31)(H,29,33)/t21-/m0/s1. The highest BCUT2D eigenvalue weighted by molar-refractivity contribution is 6.30. The number of para-hydroxylation sites is 2. The Balaban J connectivity index is 1.50. The number of hydrogen-bond acceptors (Lipinski definition) is 3. The van der Waals surface area contributed by atoms with Crippen molar-refractivity contribution in [3.05, 3.63) is 95.0 Å². The normalized spacial score (nSPS) is 13.5. The second-order valence-electron chi connectivity index (χ2n) is 7.69. The zero-order chi connectivity index (χ0) is 23.2. The minimum atomic E-state index is -0.829. The summed E-state index contributed by atoms with van der Waals surface area (Å²) in [5, 5.41) is 9.07. The number of benzene rings is 3. The summed E-state index contributed by atoms with van der Waals surface area (Å²) in [6.45, 7) is 0.166. The fraction of sp³-hybridized carbons (Fsp3) is 0.160. The number of fused-ring (bicyclic) bond motifs is 1. The summed E-state index contributed by atoms with van der Waals surface area (Å²) in [6.07, 6.45) is 0.306. The van der Waals surface area contributed by atoms with Gasteiger partial charge in [-0.1, -0.05) is 66.2 Å². The van der Waals surface area contributed by atoms with E-state index in [9.17, 15) is 14.4 Å². The van der Waals surface area contributed by atoms with Crippen LogP contribution in [0.25, 0.3) is 0 Å². The number of amides is 4. The summed E-state index contributed by atoms with van der Waals surface area (Å²) >= 11 is 5.92. The van der Waals surface area contributed by atoms with Gasteiger partial charge in [0.1, 0.15) is 12.6 Å². The van der Waals surface area contributed by atoms with Crippen molar-refractivity contribution in [1.29, 1.82) is 0 Å². The van der Waals surface area contributed by atoms with Crippen LogP contribution in [0.5, 0.6) is 0 Å². The lowest BCUT2D eigenvalue weighted by Crippen LogP contribution is -2.54. The van der Waals surface area contributed by atoms with Gasteiger partial charge in [-0.25, -0.2) is 4.79 Å². The molecule has 0 fully saturated rings. The summed E-state index contributed by atoms with van der Waals surface area (Å²) < 4.78 is 0. The average Bonchev–Trinajstić information content (AvgIpc) is 2.83. The predicted molar refractivity (Wildman–Crippen MR) is 128 cm³/mol. The second kappa shape index (κ2) is 10.2. The van der Waals surface area contributed by atoms with Crippen LogP contribution >= 0.6 is 11.6 Å². The third-order valence-electron chi connectivity index (χ3n) is 5.29. The van der Waals surface area contributed by atoms with E-state index in [4.69, 9.17) is 11.6 Å². The van der Waals surface area contributed by atoms with Crippen LogP contribution in [0.4, 0.5) is 16.2 Å². The zero-order valence-corrected chi connectivity index (χ0v) is 18.5. The molecule has 8 heteroatoms. The molecule has 1 aliphatic rings. The first-order valence-electron chi connectivity index (χ1n) is 10.5. The molecule has 4 amide bonds. The van der Waals surface area contributed by atoms with Gasteiger partial charge in [0.25, 0.3) is 0 Å². The first kappa shape index (κ1) is 22.4. The number of nitrogens with one attached hydrogen (secondary N) is 3. The Kier molecular flexibility index (Phi) is 6.90. The number of urea groups is 1. The Hall–Kier alpha value is -3.84. The molecule has 0 unspecified atom stereocenters. The third kappa shape index (κ3) is 5.70. The van der Waals surface area contributed by atoms with E-state index in [0.29, 0.717) is 29.4 Å². The van der Waals surface area contributed by atoms with E-state index in [1.165, 1.54) is 4.90 Å². The molecule has 0 saturated carbocycles. The van der Waals surface area contributed by atoms with Crippen molar-refractivity contribution >= 4 is 40.8 Å².